The summed E-state index contributed by atoms with van der Waals surface area (Å²) in [7, 11) is 0. The van der Waals surface area contributed by atoms with Gasteiger partial charge in [0.15, 0.2) is 11.5 Å². The Kier molecular flexibility index (Phi) is 11.4. The molecule has 3 rings (SSSR count). The zero-order valence-electron chi connectivity index (χ0n) is 21.9. The highest BCUT2D eigenvalue weighted by Crippen LogP contribution is 2.35. The van der Waals surface area contributed by atoms with Gasteiger partial charge in [-0.15, -0.1) is 6.58 Å². The average molecular weight is 569 g/mol. The Morgan fingerprint density at radius 1 is 0.974 bits per heavy atom. The molecule has 0 heterocycles. The summed E-state index contributed by atoms with van der Waals surface area (Å²) in [5, 5.41) is 7.88. The van der Waals surface area contributed by atoms with Crippen LogP contribution in [0.25, 0.3) is 0 Å². The van der Waals surface area contributed by atoms with Gasteiger partial charge in [-0.05, 0) is 62.2 Å². The van der Waals surface area contributed by atoms with Crippen LogP contribution in [0.2, 0.25) is 10.0 Å². The fraction of sp³-hybridized carbons (Fsp3) is 0.233. The van der Waals surface area contributed by atoms with Gasteiger partial charge in [0.2, 0.25) is 11.8 Å². The number of allylic oxidation sites excluding steroid dienone is 1. The lowest BCUT2D eigenvalue weighted by molar-refractivity contribution is -0.124. The van der Waals surface area contributed by atoms with Crippen LogP contribution in [0.15, 0.2) is 72.4 Å². The number of hydrazone groups is 1. The minimum atomic E-state index is -0.374. The second kappa shape index (κ2) is 15.0. The molecule has 7 nitrogen and oxygen atoms in total. The molecule has 0 atom stereocenters. The predicted octanol–water partition coefficient (Wildman–Crippen LogP) is 6.88. The summed E-state index contributed by atoms with van der Waals surface area (Å²) >= 11 is 12.3. The van der Waals surface area contributed by atoms with E-state index in [1.54, 1.807) is 24.3 Å². The van der Waals surface area contributed by atoms with Crippen molar-refractivity contribution >= 4 is 46.9 Å². The zero-order valence-corrected chi connectivity index (χ0v) is 23.4. The molecule has 0 fully saturated rings. The number of hydrogen-bond acceptors (Lipinski definition) is 5. The predicted molar refractivity (Wildman–Crippen MR) is 157 cm³/mol. The van der Waals surface area contributed by atoms with Gasteiger partial charge in [-0.25, -0.2) is 5.43 Å². The molecule has 0 aliphatic rings. The van der Waals surface area contributed by atoms with Crippen LogP contribution >= 0.6 is 23.2 Å². The van der Waals surface area contributed by atoms with Crippen molar-refractivity contribution in [3.8, 4) is 11.5 Å². The number of amides is 2. The van der Waals surface area contributed by atoms with Crippen LogP contribution in [0, 0.1) is 6.92 Å². The van der Waals surface area contributed by atoms with Crippen LogP contribution in [0.5, 0.6) is 11.5 Å². The Bertz CT molecular complexity index is 1340. The number of halogens is 2. The maximum Gasteiger partial charge on any atom is 0.240 e. The van der Waals surface area contributed by atoms with Gasteiger partial charge in [-0.3, -0.25) is 9.59 Å². The lowest BCUT2D eigenvalue weighted by atomic mass is 10.1. The van der Waals surface area contributed by atoms with Gasteiger partial charge in [0.25, 0.3) is 0 Å². The molecule has 204 valence electrons. The molecule has 0 unspecified atom stereocenters. The van der Waals surface area contributed by atoms with Crippen molar-refractivity contribution in [2.24, 2.45) is 5.10 Å². The molecule has 0 aromatic heterocycles. The second-order valence-corrected chi connectivity index (χ2v) is 9.51. The number of ether oxygens (including phenoxy) is 2. The molecule has 0 bridgehead atoms. The summed E-state index contributed by atoms with van der Waals surface area (Å²) in [5.74, 6) is 0.483. The lowest BCUT2D eigenvalue weighted by Gasteiger charge is -2.17. The minimum absolute atomic E-state index is 0.000972. The number of carbonyl (C=O) groups is 2. The molecule has 0 saturated carbocycles. The molecule has 9 heteroatoms. The molecule has 3 aromatic rings. The van der Waals surface area contributed by atoms with E-state index in [4.69, 9.17) is 32.7 Å². The smallest absolute Gasteiger partial charge is 0.240 e. The number of nitrogens with zero attached hydrogens (tertiary/aromatic N) is 1. The van der Waals surface area contributed by atoms with E-state index in [1.165, 1.54) is 6.21 Å². The second-order valence-electron chi connectivity index (χ2n) is 8.66. The zero-order chi connectivity index (χ0) is 28.2. The number of benzene rings is 3. The largest absolute Gasteiger partial charge is 0.490 e. The van der Waals surface area contributed by atoms with Crippen LogP contribution in [0.3, 0.4) is 0 Å². The normalized spacial score (nSPS) is 10.8. The van der Waals surface area contributed by atoms with Crippen molar-refractivity contribution in [2.75, 3.05) is 11.9 Å². The van der Waals surface area contributed by atoms with Crippen molar-refractivity contribution < 1.29 is 19.1 Å². The standard InChI is InChI=1S/C30H31Cl2N3O4/c1-4-6-22-15-21(16-27(38-5-2)30(22)39-19-23-9-10-24(31)17-26(23)32)18-33-35-29(37)14-13-28(36)34-25-11-7-20(3)8-12-25/h4,7-12,15-18H,1,5-6,13-14,19H2,2-3H3,(H,34,36)(H,35,37). The molecule has 39 heavy (non-hydrogen) atoms. The Labute approximate surface area is 238 Å². The van der Waals surface area contributed by atoms with Gasteiger partial charge in [-0.1, -0.05) is 53.0 Å². The summed E-state index contributed by atoms with van der Waals surface area (Å²) in [6.07, 6.45) is 3.84. The fourth-order valence-corrected chi connectivity index (χ4v) is 4.07. The van der Waals surface area contributed by atoms with Crippen LogP contribution in [0.1, 0.15) is 42.0 Å². The monoisotopic (exact) mass is 567 g/mol. The van der Waals surface area contributed by atoms with Crippen LogP contribution < -0.4 is 20.2 Å². The summed E-state index contributed by atoms with van der Waals surface area (Å²) in [5.41, 5.74) is 6.57. The van der Waals surface area contributed by atoms with Gasteiger partial charge < -0.3 is 14.8 Å². The molecule has 2 N–H and O–H groups in total. The lowest BCUT2D eigenvalue weighted by Crippen LogP contribution is -2.20. The molecule has 2 amide bonds. The summed E-state index contributed by atoms with van der Waals surface area (Å²) in [4.78, 5) is 24.3. The maximum atomic E-state index is 12.2. The third-order valence-electron chi connectivity index (χ3n) is 5.52. The Balaban J connectivity index is 1.63. The third-order valence-corrected chi connectivity index (χ3v) is 6.11. The first kappa shape index (κ1) is 29.7. The Hall–Kier alpha value is -3.81. The highest BCUT2D eigenvalue weighted by Gasteiger charge is 2.14. The van der Waals surface area contributed by atoms with Gasteiger partial charge in [0, 0.05) is 39.7 Å². The first-order valence-corrected chi connectivity index (χ1v) is 13.2. The Morgan fingerprint density at radius 3 is 2.41 bits per heavy atom. The van der Waals surface area contributed by atoms with Crippen molar-refractivity contribution in [3.05, 3.63) is 99.6 Å². The fourth-order valence-electron chi connectivity index (χ4n) is 3.60. The molecule has 0 saturated heterocycles. The minimum Gasteiger partial charge on any atom is -0.490 e. The molecular weight excluding hydrogens is 537 g/mol. The van der Waals surface area contributed by atoms with Crippen LogP contribution in [-0.2, 0) is 22.6 Å². The quantitative estimate of drug-likeness (QED) is 0.134. The molecule has 0 aliphatic carbocycles. The van der Waals surface area contributed by atoms with E-state index in [0.717, 1.165) is 16.7 Å². The molecule has 3 aromatic carbocycles. The molecule has 0 aliphatic heterocycles. The Morgan fingerprint density at radius 2 is 1.72 bits per heavy atom. The van der Waals surface area contributed by atoms with Crippen molar-refractivity contribution in [1.82, 2.24) is 5.43 Å². The average Bonchev–Trinajstić information content (AvgIpc) is 2.90. The number of aryl methyl sites for hydroxylation is 1. The van der Waals surface area contributed by atoms with E-state index in [0.29, 0.717) is 45.8 Å². The van der Waals surface area contributed by atoms with Gasteiger partial charge in [0.05, 0.1) is 12.8 Å². The maximum absolute atomic E-state index is 12.2. The van der Waals surface area contributed by atoms with Crippen LogP contribution in [-0.4, -0.2) is 24.6 Å². The highest BCUT2D eigenvalue weighted by atomic mass is 35.5. The van der Waals surface area contributed by atoms with Crippen LogP contribution in [0.4, 0.5) is 5.69 Å². The topological polar surface area (TPSA) is 89.0 Å². The highest BCUT2D eigenvalue weighted by molar-refractivity contribution is 6.35. The van der Waals surface area contributed by atoms with E-state index < -0.39 is 0 Å². The van der Waals surface area contributed by atoms with E-state index >= 15 is 0 Å². The molecular formula is C30H31Cl2N3O4. The van der Waals surface area contributed by atoms with E-state index in [9.17, 15) is 9.59 Å². The van der Waals surface area contributed by atoms with Crippen molar-refractivity contribution in [2.45, 2.75) is 39.7 Å². The van der Waals surface area contributed by atoms with Crippen molar-refractivity contribution in [3.63, 3.8) is 0 Å². The first-order chi connectivity index (χ1) is 18.8. The SMILES string of the molecule is C=CCc1cc(C=NNC(=O)CCC(=O)Nc2ccc(C)cc2)cc(OCC)c1OCc1ccc(Cl)cc1Cl. The number of nitrogens with one attached hydrogen (secondary N) is 2. The summed E-state index contributed by atoms with van der Waals surface area (Å²) < 4.78 is 12.0. The number of hydrogen-bond donors (Lipinski definition) is 2. The number of anilines is 1. The summed E-state index contributed by atoms with van der Waals surface area (Å²) in [6, 6.07) is 16.3. The van der Waals surface area contributed by atoms with Gasteiger partial charge >= 0.3 is 0 Å². The van der Waals surface area contributed by atoms with Crippen molar-refractivity contribution in [1.29, 1.82) is 0 Å². The molecule has 0 spiro atoms. The van der Waals surface area contributed by atoms with Gasteiger partial charge in [-0.2, -0.15) is 5.10 Å². The number of rotatable bonds is 13. The van der Waals surface area contributed by atoms with Gasteiger partial charge in [0.1, 0.15) is 6.61 Å². The third kappa shape index (κ3) is 9.46. The summed E-state index contributed by atoms with van der Waals surface area (Å²) in [6.45, 7) is 8.33. The van der Waals surface area contributed by atoms with E-state index in [1.807, 2.05) is 50.2 Å². The van der Waals surface area contributed by atoms with E-state index in [2.05, 4.69) is 22.4 Å². The number of carbonyl (C=O) groups excluding carboxylic acids is 2. The first-order valence-electron chi connectivity index (χ1n) is 12.4. The van der Waals surface area contributed by atoms with E-state index in [-0.39, 0.29) is 31.3 Å². The molecule has 0 radical (unpaired) electrons.